The fourth-order valence-electron chi connectivity index (χ4n) is 1.97. The van der Waals surface area contributed by atoms with Crippen molar-refractivity contribution in [3.63, 3.8) is 0 Å². The maximum absolute atomic E-state index is 11.9. The van der Waals surface area contributed by atoms with E-state index in [9.17, 15) is 4.79 Å². The average molecular weight is 292 g/mol. The van der Waals surface area contributed by atoms with Gasteiger partial charge in [-0.3, -0.25) is 0 Å². The van der Waals surface area contributed by atoms with Crippen LogP contribution in [0.5, 0.6) is 5.75 Å². The number of nitrogens with zero attached hydrogens (tertiary/aromatic N) is 1. The van der Waals surface area contributed by atoms with E-state index < -0.39 is 0 Å². The number of fused-ring (bicyclic) bond motifs is 1. The van der Waals surface area contributed by atoms with E-state index in [1.807, 2.05) is 6.07 Å². The molecule has 0 atom stereocenters. The Morgan fingerprint density at radius 1 is 1.40 bits per heavy atom. The van der Waals surface area contributed by atoms with Crippen molar-refractivity contribution in [2.75, 3.05) is 6.61 Å². The van der Waals surface area contributed by atoms with Crippen LogP contribution in [0.1, 0.15) is 30.1 Å². The van der Waals surface area contributed by atoms with Crippen molar-refractivity contribution in [3.8, 4) is 5.75 Å². The number of carbonyl (C=O) groups excluding carboxylic acids is 1. The molecule has 1 aromatic carbocycles. The van der Waals surface area contributed by atoms with E-state index in [1.165, 1.54) is 0 Å². The highest BCUT2D eigenvalue weighted by Crippen LogP contribution is 2.33. The van der Waals surface area contributed by atoms with Gasteiger partial charge in [0.1, 0.15) is 16.4 Å². The lowest BCUT2D eigenvalue weighted by molar-refractivity contribution is 0.0526. The van der Waals surface area contributed by atoms with Crippen LogP contribution in [0.4, 0.5) is 0 Å². The summed E-state index contributed by atoms with van der Waals surface area (Å²) in [6.07, 6.45) is 2.29. The van der Waals surface area contributed by atoms with Gasteiger partial charge in [-0.25, -0.2) is 9.78 Å². The zero-order valence-corrected chi connectivity index (χ0v) is 11.8. The van der Waals surface area contributed by atoms with Gasteiger partial charge in [-0.2, -0.15) is 0 Å². The average Bonchev–Trinajstić information content (AvgIpc) is 3.23. The van der Waals surface area contributed by atoms with Gasteiger partial charge >= 0.3 is 5.97 Å². The first kappa shape index (κ1) is 13.2. The van der Waals surface area contributed by atoms with E-state index >= 15 is 0 Å². The Bertz CT molecular complexity index is 667. The quantitative estimate of drug-likeness (QED) is 0.638. The monoisotopic (exact) mass is 291 g/mol. The molecule has 0 aliphatic heterocycles. The molecule has 1 aromatic heterocycles. The van der Waals surface area contributed by atoms with Crippen LogP contribution in [-0.2, 0) is 4.74 Å². The normalized spacial score (nSPS) is 14.3. The van der Waals surface area contributed by atoms with Crippen molar-refractivity contribution in [1.29, 1.82) is 0 Å². The second-order valence-electron chi connectivity index (χ2n) is 4.72. The van der Waals surface area contributed by atoms with Crippen LogP contribution in [0.25, 0.3) is 10.9 Å². The number of benzene rings is 1. The third kappa shape index (κ3) is 2.70. The molecule has 1 saturated carbocycles. The number of carbonyl (C=O) groups is 1. The van der Waals surface area contributed by atoms with E-state index in [1.54, 1.807) is 25.1 Å². The van der Waals surface area contributed by atoms with Crippen molar-refractivity contribution in [1.82, 2.24) is 4.98 Å². The fourth-order valence-corrected chi connectivity index (χ4v) is 2.11. The molecule has 1 aliphatic carbocycles. The molecule has 1 aliphatic rings. The van der Waals surface area contributed by atoms with Gasteiger partial charge in [-0.1, -0.05) is 11.6 Å². The fraction of sp³-hybridized carbons (Fsp3) is 0.333. The summed E-state index contributed by atoms with van der Waals surface area (Å²) in [7, 11) is 0. The molecule has 0 amide bonds. The summed E-state index contributed by atoms with van der Waals surface area (Å²) in [5, 5.41) is 1.22. The van der Waals surface area contributed by atoms with Gasteiger partial charge in [-0.05, 0) is 44.0 Å². The van der Waals surface area contributed by atoms with Crippen LogP contribution >= 0.6 is 11.6 Å². The lowest BCUT2D eigenvalue weighted by atomic mass is 10.1. The standard InChI is InChI=1S/C15H14ClNO3/c1-2-19-15(18)10-7-9-3-6-13(16)17-14(9)12(8-10)20-11-4-5-11/h3,6-8,11H,2,4-5H2,1H3. The topological polar surface area (TPSA) is 48.4 Å². The van der Waals surface area contributed by atoms with Crippen LogP contribution in [0, 0.1) is 0 Å². The molecule has 20 heavy (non-hydrogen) atoms. The molecule has 1 heterocycles. The van der Waals surface area contributed by atoms with E-state index in [0.29, 0.717) is 28.6 Å². The Morgan fingerprint density at radius 3 is 2.90 bits per heavy atom. The molecular formula is C15H14ClNO3. The first-order chi connectivity index (χ1) is 9.67. The Hall–Kier alpha value is -1.81. The zero-order chi connectivity index (χ0) is 14.1. The summed E-state index contributed by atoms with van der Waals surface area (Å²) < 4.78 is 10.9. The molecule has 0 saturated heterocycles. The molecule has 0 bridgehead atoms. The smallest absolute Gasteiger partial charge is 0.338 e. The summed E-state index contributed by atoms with van der Waals surface area (Å²) in [6.45, 7) is 2.12. The lowest BCUT2D eigenvalue weighted by Crippen LogP contribution is -2.06. The molecule has 0 radical (unpaired) electrons. The van der Waals surface area contributed by atoms with Crippen molar-refractivity contribution in [3.05, 3.63) is 35.0 Å². The Morgan fingerprint density at radius 2 is 2.20 bits per heavy atom. The summed E-state index contributed by atoms with van der Waals surface area (Å²) in [5.74, 6) is 0.237. The van der Waals surface area contributed by atoms with Gasteiger partial charge < -0.3 is 9.47 Å². The Kier molecular flexibility index (Phi) is 3.49. The number of hydrogen-bond acceptors (Lipinski definition) is 4. The van der Waals surface area contributed by atoms with Crippen LogP contribution < -0.4 is 4.74 Å². The predicted octanol–water partition coefficient (Wildman–Crippen LogP) is 3.61. The summed E-state index contributed by atoms with van der Waals surface area (Å²) in [5.41, 5.74) is 1.15. The second-order valence-corrected chi connectivity index (χ2v) is 5.11. The zero-order valence-electron chi connectivity index (χ0n) is 11.1. The van der Waals surface area contributed by atoms with E-state index in [4.69, 9.17) is 21.1 Å². The minimum absolute atomic E-state index is 0.219. The maximum atomic E-state index is 11.9. The minimum Gasteiger partial charge on any atom is -0.488 e. The van der Waals surface area contributed by atoms with Crippen molar-refractivity contribution in [2.24, 2.45) is 0 Å². The van der Waals surface area contributed by atoms with E-state index in [-0.39, 0.29) is 12.1 Å². The van der Waals surface area contributed by atoms with Crippen LogP contribution in [0.15, 0.2) is 24.3 Å². The Balaban J connectivity index is 2.09. The largest absolute Gasteiger partial charge is 0.488 e. The summed E-state index contributed by atoms with van der Waals surface area (Å²) in [6, 6.07) is 6.95. The number of pyridine rings is 1. The molecule has 2 aromatic rings. The molecule has 4 nitrogen and oxygen atoms in total. The second kappa shape index (κ2) is 5.29. The van der Waals surface area contributed by atoms with Gasteiger partial charge in [-0.15, -0.1) is 0 Å². The third-order valence-electron chi connectivity index (χ3n) is 3.05. The first-order valence-electron chi connectivity index (χ1n) is 6.61. The molecule has 1 fully saturated rings. The van der Waals surface area contributed by atoms with E-state index in [0.717, 1.165) is 18.2 Å². The maximum Gasteiger partial charge on any atom is 0.338 e. The molecule has 5 heteroatoms. The number of halogens is 1. The highest BCUT2D eigenvalue weighted by molar-refractivity contribution is 6.29. The summed E-state index contributed by atoms with van der Waals surface area (Å²) in [4.78, 5) is 16.2. The van der Waals surface area contributed by atoms with Gasteiger partial charge in [0, 0.05) is 5.39 Å². The SMILES string of the molecule is CCOC(=O)c1cc(OC2CC2)c2nc(Cl)ccc2c1. The number of esters is 1. The highest BCUT2D eigenvalue weighted by atomic mass is 35.5. The minimum atomic E-state index is -0.356. The molecule has 104 valence electrons. The molecular weight excluding hydrogens is 278 g/mol. The number of ether oxygens (including phenoxy) is 2. The summed E-state index contributed by atoms with van der Waals surface area (Å²) >= 11 is 5.94. The number of aromatic nitrogens is 1. The first-order valence-corrected chi connectivity index (χ1v) is 6.99. The molecule has 3 rings (SSSR count). The van der Waals surface area contributed by atoms with Crippen LogP contribution in [0.2, 0.25) is 5.15 Å². The van der Waals surface area contributed by atoms with Gasteiger partial charge in [0.2, 0.25) is 0 Å². The Labute approximate surface area is 121 Å². The number of hydrogen-bond donors (Lipinski definition) is 0. The van der Waals surface area contributed by atoms with Gasteiger partial charge in [0.05, 0.1) is 18.3 Å². The van der Waals surface area contributed by atoms with E-state index in [2.05, 4.69) is 4.98 Å². The van der Waals surface area contributed by atoms with Crippen LogP contribution in [0.3, 0.4) is 0 Å². The molecule has 0 N–H and O–H groups in total. The third-order valence-corrected chi connectivity index (χ3v) is 3.26. The highest BCUT2D eigenvalue weighted by Gasteiger charge is 2.25. The van der Waals surface area contributed by atoms with Gasteiger partial charge in [0.25, 0.3) is 0 Å². The lowest BCUT2D eigenvalue weighted by Gasteiger charge is -2.10. The van der Waals surface area contributed by atoms with Crippen molar-refractivity contribution >= 4 is 28.5 Å². The molecule has 0 spiro atoms. The molecule has 0 unspecified atom stereocenters. The van der Waals surface area contributed by atoms with Crippen molar-refractivity contribution < 1.29 is 14.3 Å². The van der Waals surface area contributed by atoms with Crippen LogP contribution in [-0.4, -0.2) is 23.7 Å². The predicted molar refractivity (Wildman–Crippen MR) is 76.4 cm³/mol. The van der Waals surface area contributed by atoms with Crippen molar-refractivity contribution in [2.45, 2.75) is 25.9 Å². The van der Waals surface area contributed by atoms with Gasteiger partial charge in [0.15, 0.2) is 0 Å². The number of rotatable bonds is 4.